The van der Waals surface area contributed by atoms with Crippen molar-refractivity contribution in [3.8, 4) is 28.7 Å². The highest BCUT2D eigenvalue weighted by atomic mass is 19.1. The third-order valence-electron chi connectivity index (χ3n) is 4.12. The molecule has 0 spiro atoms. The lowest BCUT2D eigenvalue weighted by Gasteiger charge is -2.10. The Morgan fingerprint density at radius 2 is 1.69 bits per heavy atom. The number of ether oxygens (including phenoxy) is 2. The van der Waals surface area contributed by atoms with E-state index in [2.05, 4.69) is 6.92 Å². The number of nitrogens with zero attached hydrogens (tertiary/aromatic N) is 1. The van der Waals surface area contributed by atoms with Crippen LogP contribution in [0.5, 0.6) is 11.5 Å². The van der Waals surface area contributed by atoms with E-state index in [1.165, 1.54) is 25.3 Å². The lowest BCUT2D eigenvalue weighted by molar-refractivity contribution is 0.276. The van der Waals surface area contributed by atoms with Crippen molar-refractivity contribution >= 4 is 0 Å². The van der Waals surface area contributed by atoms with Crippen molar-refractivity contribution in [2.45, 2.75) is 52.1 Å². The first-order valence-corrected chi connectivity index (χ1v) is 9.23. The molecule has 2 aromatic carbocycles. The molecule has 0 aliphatic rings. The molecule has 0 fully saturated rings. The lowest BCUT2D eigenvalue weighted by Crippen LogP contribution is -2.07. The van der Waals surface area contributed by atoms with E-state index in [-0.39, 0.29) is 5.82 Å². The molecule has 0 aliphatic heterocycles. The first-order chi connectivity index (χ1) is 12.6. The molecular formula is C22H26FNO2. The summed E-state index contributed by atoms with van der Waals surface area (Å²) in [6.45, 7) is 4.41. The maximum atomic E-state index is 14.3. The summed E-state index contributed by atoms with van der Waals surface area (Å²) in [6, 6.07) is 14.3. The van der Waals surface area contributed by atoms with E-state index < -0.39 is 6.10 Å². The van der Waals surface area contributed by atoms with Gasteiger partial charge in [-0.2, -0.15) is 5.26 Å². The molecule has 0 N–H and O–H groups in total. The van der Waals surface area contributed by atoms with Gasteiger partial charge in [0.2, 0.25) is 0 Å². The van der Waals surface area contributed by atoms with Gasteiger partial charge in [0.25, 0.3) is 0 Å². The minimum Gasteiger partial charge on any atom is -0.491 e. The topological polar surface area (TPSA) is 42.2 Å². The molecule has 0 aromatic heterocycles. The molecule has 0 amide bonds. The molecule has 3 nitrogen and oxygen atoms in total. The number of benzene rings is 2. The van der Waals surface area contributed by atoms with Crippen LogP contribution in [0.1, 0.15) is 46.0 Å². The first kappa shape index (κ1) is 19.8. The smallest absolute Gasteiger partial charge is 0.181 e. The van der Waals surface area contributed by atoms with Gasteiger partial charge in [-0.05, 0) is 48.7 Å². The maximum absolute atomic E-state index is 14.3. The molecule has 0 radical (unpaired) electrons. The molecule has 26 heavy (non-hydrogen) atoms. The van der Waals surface area contributed by atoms with Crippen LogP contribution in [-0.2, 0) is 0 Å². The van der Waals surface area contributed by atoms with Gasteiger partial charge in [0.1, 0.15) is 11.8 Å². The van der Waals surface area contributed by atoms with Crippen LogP contribution < -0.4 is 9.47 Å². The largest absolute Gasteiger partial charge is 0.491 e. The van der Waals surface area contributed by atoms with E-state index in [0.717, 1.165) is 24.0 Å². The molecule has 0 bridgehead atoms. The summed E-state index contributed by atoms with van der Waals surface area (Å²) >= 11 is 0. The highest BCUT2D eigenvalue weighted by Gasteiger charge is 2.07. The zero-order chi connectivity index (χ0) is 18.8. The van der Waals surface area contributed by atoms with Crippen molar-refractivity contribution in [3.05, 3.63) is 48.3 Å². The molecule has 138 valence electrons. The van der Waals surface area contributed by atoms with Crippen molar-refractivity contribution in [2.75, 3.05) is 6.61 Å². The van der Waals surface area contributed by atoms with E-state index in [0.29, 0.717) is 18.1 Å². The molecule has 1 unspecified atom stereocenters. The van der Waals surface area contributed by atoms with Gasteiger partial charge in [-0.25, -0.2) is 4.39 Å². The zero-order valence-electron chi connectivity index (χ0n) is 15.5. The second-order valence-electron chi connectivity index (χ2n) is 6.32. The summed E-state index contributed by atoms with van der Waals surface area (Å²) < 4.78 is 25.3. The Morgan fingerprint density at radius 1 is 1.00 bits per heavy atom. The molecule has 0 saturated carbocycles. The summed E-state index contributed by atoms with van der Waals surface area (Å²) in [7, 11) is 0. The monoisotopic (exact) mass is 355 g/mol. The number of nitriles is 1. The lowest BCUT2D eigenvalue weighted by atomic mass is 10.1. The van der Waals surface area contributed by atoms with Crippen LogP contribution in [0.15, 0.2) is 42.5 Å². The number of halogens is 1. The van der Waals surface area contributed by atoms with Gasteiger partial charge in [0, 0.05) is 0 Å². The second kappa shape index (κ2) is 10.5. The highest BCUT2D eigenvalue weighted by Crippen LogP contribution is 2.27. The van der Waals surface area contributed by atoms with Crippen molar-refractivity contribution in [2.24, 2.45) is 0 Å². The predicted molar refractivity (Wildman–Crippen MR) is 102 cm³/mol. The number of hydrogen-bond acceptors (Lipinski definition) is 3. The Morgan fingerprint density at radius 3 is 2.35 bits per heavy atom. The normalized spacial score (nSPS) is 11.6. The molecule has 2 aromatic rings. The third kappa shape index (κ3) is 6.07. The average molecular weight is 355 g/mol. The Labute approximate surface area is 155 Å². The van der Waals surface area contributed by atoms with Gasteiger partial charge in [0.05, 0.1) is 6.61 Å². The summed E-state index contributed by atoms with van der Waals surface area (Å²) in [5.41, 5.74) is 1.66. The van der Waals surface area contributed by atoms with Gasteiger partial charge in [-0.3, -0.25) is 0 Å². The second-order valence-corrected chi connectivity index (χ2v) is 6.32. The van der Waals surface area contributed by atoms with Crippen molar-refractivity contribution in [3.63, 3.8) is 0 Å². The van der Waals surface area contributed by atoms with E-state index in [9.17, 15) is 4.39 Å². The van der Waals surface area contributed by atoms with Gasteiger partial charge in [-0.1, -0.05) is 50.8 Å². The quantitative estimate of drug-likeness (QED) is 0.481. The van der Waals surface area contributed by atoms with Crippen molar-refractivity contribution in [1.82, 2.24) is 0 Å². The van der Waals surface area contributed by atoms with E-state index >= 15 is 0 Å². The van der Waals surface area contributed by atoms with Gasteiger partial charge < -0.3 is 9.47 Å². The number of hydrogen-bond donors (Lipinski definition) is 0. The van der Waals surface area contributed by atoms with Crippen LogP contribution >= 0.6 is 0 Å². The minimum atomic E-state index is -0.503. The van der Waals surface area contributed by atoms with Crippen LogP contribution in [0.4, 0.5) is 4.39 Å². The van der Waals surface area contributed by atoms with Crippen LogP contribution in [0.3, 0.4) is 0 Å². The minimum absolute atomic E-state index is 0.298. The van der Waals surface area contributed by atoms with Crippen LogP contribution in [0.2, 0.25) is 0 Å². The Hall–Kier alpha value is -2.54. The fraction of sp³-hybridized carbons (Fsp3) is 0.409. The van der Waals surface area contributed by atoms with E-state index in [1.54, 1.807) is 25.1 Å². The summed E-state index contributed by atoms with van der Waals surface area (Å²) in [6.07, 6.45) is 5.21. The molecule has 0 heterocycles. The SMILES string of the molecule is CCCCCCCOc1ccc(-c2ccc(OC(C)C#N)cc2)cc1F. The predicted octanol–water partition coefficient (Wildman–Crippen LogP) is 6.13. The van der Waals surface area contributed by atoms with Crippen LogP contribution in [-0.4, -0.2) is 12.7 Å². The first-order valence-electron chi connectivity index (χ1n) is 9.23. The summed E-state index contributed by atoms with van der Waals surface area (Å²) in [5, 5.41) is 8.77. The Balaban J connectivity index is 1.93. The highest BCUT2D eigenvalue weighted by molar-refractivity contribution is 5.65. The standard InChI is InChI=1S/C22H26FNO2/c1-3-4-5-6-7-14-25-22-13-10-19(15-21(22)23)18-8-11-20(12-9-18)26-17(2)16-24/h8-13,15,17H,3-7,14H2,1-2H3. The van der Waals surface area contributed by atoms with Gasteiger partial charge in [0.15, 0.2) is 17.7 Å². The van der Waals surface area contributed by atoms with Gasteiger partial charge >= 0.3 is 0 Å². The van der Waals surface area contributed by atoms with E-state index in [4.69, 9.17) is 14.7 Å². The summed E-state index contributed by atoms with van der Waals surface area (Å²) in [5.74, 6) is 0.563. The van der Waals surface area contributed by atoms with E-state index in [1.807, 2.05) is 24.3 Å². The fourth-order valence-corrected chi connectivity index (χ4v) is 2.64. The Bertz CT molecular complexity index is 722. The third-order valence-corrected chi connectivity index (χ3v) is 4.12. The fourth-order valence-electron chi connectivity index (χ4n) is 2.64. The zero-order valence-corrected chi connectivity index (χ0v) is 15.5. The molecule has 1 atom stereocenters. The van der Waals surface area contributed by atoms with Crippen molar-refractivity contribution in [1.29, 1.82) is 5.26 Å². The Kier molecular flexibility index (Phi) is 7.95. The molecule has 0 aliphatic carbocycles. The van der Waals surface area contributed by atoms with Crippen LogP contribution in [0.25, 0.3) is 11.1 Å². The van der Waals surface area contributed by atoms with Gasteiger partial charge in [-0.15, -0.1) is 0 Å². The molecule has 2 rings (SSSR count). The molecule has 0 saturated heterocycles. The maximum Gasteiger partial charge on any atom is 0.181 e. The molecular weight excluding hydrogens is 329 g/mol. The number of unbranched alkanes of at least 4 members (excludes halogenated alkanes) is 4. The van der Waals surface area contributed by atoms with Crippen LogP contribution in [0, 0.1) is 17.1 Å². The average Bonchev–Trinajstić information content (AvgIpc) is 2.66. The molecule has 4 heteroatoms. The van der Waals surface area contributed by atoms with Crippen molar-refractivity contribution < 1.29 is 13.9 Å². The number of rotatable bonds is 10. The summed E-state index contributed by atoms with van der Waals surface area (Å²) in [4.78, 5) is 0.